The molecule has 0 unspecified atom stereocenters. The van der Waals surface area contributed by atoms with Gasteiger partial charge in [-0.1, -0.05) is 49.3 Å². The van der Waals surface area contributed by atoms with E-state index in [2.05, 4.69) is 19.0 Å². The van der Waals surface area contributed by atoms with E-state index in [4.69, 9.17) is 4.84 Å². The van der Waals surface area contributed by atoms with E-state index in [1.165, 1.54) is 0 Å². The van der Waals surface area contributed by atoms with Crippen molar-refractivity contribution in [3.63, 3.8) is 0 Å². The van der Waals surface area contributed by atoms with E-state index in [0.29, 0.717) is 23.1 Å². The van der Waals surface area contributed by atoms with Gasteiger partial charge in [-0.05, 0) is 11.8 Å². The van der Waals surface area contributed by atoms with Crippen molar-refractivity contribution >= 4 is 11.5 Å². The second-order valence-electron chi connectivity index (χ2n) is 4.99. The summed E-state index contributed by atoms with van der Waals surface area (Å²) >= 11 is 0. The third-order valence-corrected chi connectivity index (χ3v) is 4.13. The second kappa shape index (κ2) is 3.69. The summed E-state index contributed by atoms with van der Waals surface area (Å²) in [5.41, 5.74) is 1.30. The number of fused-ring (bicyclic) bond motifs is 1. The molecule has 0 aromatic heterocycles. The summed E-state index contributed by atoms with van der Waals surface area (Å²) in [6.07, 6.45) is 0.118. The Balaban J connectivity index is 1.85. The molecule has 3 heteroatoms. The van der Waals surface area contributed by atoms with Gasteiger partial charge in [-0.2, -0.15) is 0 Å². The minimum atomic E-state index is 0.0110. The summed E-state index contributed by atoms with van der Waals surface area (Å²) in [5, 5.41) is 4.00. The summed E-state index contributed by atoms with van der Waals surface area (Å²) in [7, 11) is 0. The van der Waals surface area contributed by atoms with Crippen molar-refractivity contribution in [2.24, 2.45) is 22.9 Å². The van der Waals surface area contributed by atoms with Crippen LogP contribution in [0.4, 0.5) is 0 Å². The van der Waals surface area contributed by atoms with Gasteiger partial charge in [0, 0.05) is 5.56 Å². The fourth-order valence-electron chi connectivity index (χ4n) is 2.78. The molecule has 1 aliphatic carbocycles. The Hall–Kier alpha value is -1.64. The lowest BCUT2D eigenvalue weighted by Crippen LogP contribution is -2.51. The number of oxime groups is 1. The van der Waals surface area contributed by atoms with E-state index in [9.17, 15) is 4.79 Å². The Morgan fingerprint density at radius 3 is 2.59 bits per heavy atom. The molecule has 0 radical (unpaired) electrons. The van der Waals surface area contributed by atoms with Crippen LogP contribution in [0.5, 0.6) is 0 Å². The minimum absolute atomic E-state index is 0.0110. The van der Waals surface area contributed by atoms with Gasteiger partial charge >= 0.3 is 0 Å². The topological polar surface area (TPSA) is 38.7 Å². The Kier molecular flexibility index (Phi) is 2.28. The number of nitrogens with zero attached hydrogens (tertiary/aromatic N) is 1. The third kappa shape index (κ3) is 1.42. The lowest BCUT2D eigenvalue weighted by atomic mass is 9.62. The zero-order chi connectivity index (χ0) is 12.0. The molecule has 1 saturated carbocycles. The molecule has 0 amide bonds. The molecular formula is C14H15NO2. The maximum Gasteiger partial charge on any atom is 0.211 e. The van der Waals surface area contributed by atoms with Crippen LogP contribution in [-0.2, 0) is 4.84 Å². The number of rotatable bonds is 2. The number of benzene rings is 1. The average molecular weight is 229 g/mol. The fraction of sp³-hybridized carbons (Fsp3) is 0.429. The van der Waals surface area contributed by atoms with Gasteiger partial charge in [0.05, 0.1) is 5.92 Å². The van der Waals surface area contributed by atoms with Crippen molar-refractivity contribution in [2.45, 2.75) is 20.0 Å². The number of hydrogen-bond acceptors (Lipinski definition) is 3. The second-order valence-corrected chi connectivity index (χ2v) is 4.99. The molecule has 17 heavy (non-hydrogen) atoms. The molecule has 1 aromatic rings. The van der Waals surface area contributed by atoms with Crippen LogP contribution in [-0.4, -0.2) is 17.6 Å². The van der Waals surface area contributed by atoms with Crippen LogP contribution >= 0.6 is 0 Å². The standard InChI is InChI=1S/C14H15NO2/c1-8-9(2)14-11(8)12(15-17-14)13(16)10-6-4-3-5-7-10/h3-9,11,14H,1-2H3/t8-,9+,11-,14-/m0/s1. The molecule has 0 N–H and O–H groups in total. The highest BCUT2D eigenvalue weighted by molar-refractivity contribution is 6.47. The van der Waals surface area contributed by atoms with Crippen LogP contribution in [0, 0.1) is 17.8 Å². The minimum Gasteiger partial charge on any atom is -0.391 e. The predicted molar refractivity (Wildman–Crippen MR) is 64.9 cm³/mol. The van der Waals surface area contributed by atoms with E-state index in [0.717, 1.165) is 0 Å². The lowest BCUT2D eigenvalue weighted by Gasteiger charge is -2.42. The van der Waals surface area contributed by atoms with Gasteiger partial charge in [0.2, 0.25) is 5.78 Å². The summed E-state index contributed by atoms with van der Waals surface area (Å²) in [6, 6.07) is 9.29. The van der Waals surface area contributed by atoms with Crippen LogP contribution in [0.25, 0.3) is 0 Å². The smallest absolute Gasteiger partial charge is 0.211 e. The number of carbonyl (C=O) groups excluding carboxylic acids is 1. The SMILES string of the molecule is C[C@@H]1[C@H](C)[C@H]2C(C(=O)c3ccccc3)=NO[C@@H]12. The van der Waals surface area contributed by atoms with Crippen molar-refractivity contribution < 1.29 is 9.63 Å². The van der Waals surface area contributed by atoms with Gasteiger partial charge in [-0.3, -0.25) is 4.79 Å². The number of Topliss-reactive ketones (excluding diaryl/α,β-unsaturated/α-hetero) is 1. The first-order valence-corrected chi connectivity index (χ1v) is 6.03. The normalized spacial score (nSPS) is 34.4. The van der Waals surface area contributed by atoms with Gasteiger partial charge in [0.15, 0.2) is 0 Å². The first-order valence-electron chi connectivity index (χ1n) is 6.03. The zero-order valence-electron chi connectivity index (χ0n) is 9.96. The van der Waals surface area contributed by atoms with Crippen LogP contribution < -0.4 is 0 Å². The lowest BCUT2D eigenvalue weighted by molar-refractivity contribution is -0.0758. The summed E-state index contributed by atoms with van der Waals surface area (Å²) in [4.78, 5) is 17.6. The van der Waals surface area contributed by atoms with E-state index in [1.54, 1.807) is 0 Å². The molecule has 0 saturated heterocycles. The van der Waals surface area contributed by atoms with Gasteiger partial charge in [-0.15, -0.1) is 0 Å². The van der Waals surface area contributed by atoms with Crippen molar-refractivity contribution in [3.8, 4) is 0 Å². The number of carbonyl (C=O) groups is 1. The average Bonchev–Trinajstić information content (AvgIpc) is 2.79. The number of ketones is 1. The molecule has 0 bridgehead atoms. The molecule has 1 fully saturated rings. The summed E-state index contributed by atoms with van der Waals surface area (Å²) in [5.74, 6) is 1.17. The molecule has 1 heterocycles. The molecule has 1 aromatic carbocycles. The van der Waals surface area contributed by atoms with Crippen LogP contribution in [0.1, 0.15) is 24.2 Å². The molecule has 2 aliphatic rings. The Labute approximate surface area is 100 Å². The van der Waals surface area contributed by atoms with Gasteiger partial charge in [-0.25, -0.2) is 0 Å². The first kappa shape index (κ1) is 10.5. The Morgan fingerprint density at radius 1 is 1.18 bits per heavy atom. The Bertz CT molecular complexity index is 480. The maximum absolute atomic E-state index is 12.3. The van der Waals surface area contributed by atoms with Gasteiger partial charge < -0.3 is 4.84 Å². The molecule has 88 valence electrons. The molecule has 3 rings (SSSR count). The van der Waals surface area contributed by atoms with Gasteiger partial charge in [0.25, 0.3) is 0 Å². The molecule has 4 atom stereocenters. The Morgan fingerprint density at radius 2 is 1.88 bits per heavy atom. The highest BCUT2D eigenvalue weighted by Gasteiger charge is 2.55. The van der Waals surface area contributed by atoms with E-state index < -0.39 is 0 Å². The van der Waals surface area contributed by atoms with Crippen molar-refractivity contribution in [3.05, 3.63) is 35.9 Å². The van der Waals surface area contributed by atoms with Crippen LogP contribution in [0.3, 0.4) is 0 Å². The zero-order valence-corrected chi connectivity index (χ0v) is 9.96. The monoisotopic (exact) mass is 229 g/mol. The van der Waals surface area contributed by atoms with E-state index in [1.807, 2.05) is 30.3 Å². The van der Waals surface area contributed by atoms with E-state index >= 15 is 0 Å². The molecule has 1 aliphatic heterocycles. The summed E-state index contributed by atoms with van der Waals surface area (Å²) < 4.78 is 0. The van der Waals surface area contributed by atoms with Crippen LogP contribution in [0.15, 0.2) is 35.5 Å². The quantitative estimate of drug-likeness (QED) is 0.731. The van der Waals surface area contributed by atoms with Crippen molar-refractivity contribution in [1.29, 1.82) is 0 Å². The molecule has 3 nitrogen and oxygen atoms in total. The molecule has 0 spiro atoms. The summed E-state index contributed by atoms with van der Waals surface area (Å²) in [6.45, 7) is 4.31. The predicted octanol–water partition coefficient (Wildman–Crippen LogP) is 2.53. The first-order chi connectivity index (χ1) is 8.20. The highest BCUT2D eigenvalue weighted by atomic mass is 16.6. The maximum atomic E-state index is 12.3. The largest absolute Gasteiger partial charge is 0.391 e. The fourth-order valence-corrected chi connectivity index (χ4v) is 2.78. The van der Waals surface area contributed by atoms with Crippen molar-refractivity contribution in [2.75, 3.05) is 0 Å². The van der Waals surface area contributed by atoms with Crippen molar-refractivity contribution in [1.82, 2.24) is 0 Å². The van der Waals surface area contributed by atoms with Gasteiger partial charge in [0.1, 0.15) is 11.8 Å². The van der Waals surface area contributed by atoms with Crippen LogP contribution in [0.2, 0.25) is 0 Å². The van der Waals surface area contributed by atoms with E-state index in [-0.39, 0.29) is 17.8 Å². The highest BCUT2D eigenvalue weighted by Crippen LogP contribution is 2.46. The number of hydrogen-bond donors (Lipinski definition) is 0. The third-order valence-electron chi connectivity index (χ3n) is 4.13. The molecular weight excluding hydrogens is 214 g/mol.